The van der Waals surface area contributed by atoms with Gasteiger partial charge < -0.3 is 29.9 Å². The maximum atomic E-state index is 14.1. The number of aliphatic hydroxyl groups is 1. The van der Waals surface area contributed by atoms with E-state index < -0.39 is 37.0 Å². The molecule has 4 aromatic carbocycles. The van der Waals surface area contributed by atoms with Gasteiger partial charge in [0.1, 0.15) is 22.8 Å². The molecule has 4 aliphatic rings. The number of H-pyrrole nitrogens is 1. The summed E-state index contributed by atoms with van der Waals surface area (Å²) < 4.78 is 36.3. The molecule has 4 heterocycles. The third-order valence-electron chi connectivity index (χ3n) is 16.6. The Morgan fingerprint density at radius 2 is 1.69 bits per heavy atom. The minimum Gasteiger partial charge on any atom is -0.455 e. The molecule has 0 radical (unpaired) electrons. The number of hydrogen-bond acceptors (Lipinski definition) is 13. The number of rotatable bonds is 16. The standard InChI is InChI=1S/C58H71N9O7S/c1-39(2)48-8-6-7-9-49(48)53-38-64(37-41-10-12-43(13-11-41)63(4)5)28-29-66(53)45-33-58(34-45)23-26-65(27-24-58)44-14-16-50(54(31-44)74-46-30-42-20-25-59-55(42)61-36-46)56(68)62-75(72,73)47-15-17-51(52(32-47)67(70)71)60-35-40-18-21-57(3,69)22-19-40/h6-17,20,25,30-32,36,39-40,45,53,60,69H,18-19,21-24,26-29,33-35,37-38H2,1-5H3,(H,59,61)(H,62,68)/t40-,53?,57-. The van der Waals surface area contributed by atoms with Crippen molar-refractivity contribution in [2.45, 2.75) is 107 Å². The van der Waals surface area contributed by atoms with E-state index in [0.717, 1.165) is 94.9 Å². The SMILES string of the molecule is CC(C)c1ccccc1C1CN(Cc2ccc(N(C)C)cc2)CCN1C1CC2(CCN(c3ccc(C(=O)NS(=O)(=O)c4ccc(NC[C@H]5CC[C@](C)(O)CC5)c([N+](=O)[O-])c4)c(Oc4cnc5[nH]ccc5c4)c3)CC2)C1. The van der Waals surface area contributed by atoms with Crippen LogP contribution in [0.25, 0.3) is 11.0 Å². The van der Waals surface area contributed by atoms with Gasteiger partial charge in [-0.15, -0.1) is 0 Å². The number of piperidine rings is 1. The Bertz CT molecular complexity index is 3130. The van der Waals surface area contributed by atoms with Crippen LogP contribution in [0.3, 0.4) is 0 Å². The van der Waals surface area contributed by atoms with Crippen LogP contribution in [-0.2, 0) is 16.6 Å². The molecule has 1 amide bonds. The van der Waals surface area contributed by atoms with E-state index >= 15 is 0 Å². The summed E-state index contributed by atoms with van der Waals surface area (Å²) in [6.07, 6.45) is 10.5. The lowest BCUT2D eigenvalue weighted by atomic mass is 9.59. The molecule has 2 saturated heterocycles. The number of anilines is 3. The number of amides is 1. The number of ether oxygens (including phenoxy) is 1. The number of nitro benzene ring substituents is 1. The molecule has 4 fully saturated rings. The van der Waals surface area contributed by atoms with Gasteiger partial charge in [-0.1, -0.05) is 50.2 Å². The van der Waals surface area contributed by atoms with E-state index in [4.69, 9.17) is 4.74 Å². The van der Waals surface area contributed by atoms with Crippen LogP contribution in [0, 0.1) is 21.4 Å². The van der Waals surface area contributed by atoms with Crippen molar-refractivity contribution in [1.29, 1.82) is 0 Å². The summed E-state index contributed by atoms with van der Waals surface area (Å²) in [7, 11) is -0.434. The highest BCUT2D eigenvalue weighted by molar-refractivity contribution is 7.90. The van der Waals surface area contributed by atoms with Crippen LogP contribution in [0.2, 0.25) is 0 Å². The highest BCUT2D eigenvalue weighted by atomic mass is 32.2. The Morgan fingerprint density at radius 1 is 0.947 bits per heavy atom. The van der Waals surface area contributed by atoms with E-state index in [9.17, 15) is 28.4 Å². The molecule has 2 saturated carbocycles. The number of pyridine rings is 1. The summed E-state index contributed by atoms with van der Waals surface area (Å²) in [5.74, 6) is 0.184. The zero-order valence-electron chi connectivity index (χ0n) is 43.8. The van der Waals surface area contributed by atoms with Crippen molar-refractivity contribution in [3.05, 3.63) is 142 Å². The van der Waals surface area contributed by atoms with Crippen LogP contribution >= 0.6 is 0 Å². The summed E-state index contributed by atoms with van der Waals surface area (Å²) in [6.45, 7) is 12.4. The van der Waals surface area contributed by atoms with Gasteiger partial charge in [-0.05, 0) is 141 Å². The van der Waals surface area contributed by atoms with E-state index in [-0.39, 0.29) is 28.3 Å². The minimum absolute atomic E-state index is 0.0259. The first-order valence-electron chi connectivity index (χ1n) is 26.6. The fourth-order valence-electron chi connectivity index (χ4n) is 12.1. The smallest absolute Gasteiger partial charge is 0.293 e. The minimum atomic E-state index is -4.59. The average molecular weight is 1040 g/mol. The van der Waals surface area contributed by atoms with E-state index in [1.165, 1.54) is 34.5 Å². The summed E-state index contributed by atoms with van der Waals surface area (Å²) in [5.41, 5.74) is 6.17. The van der Waals surface area contributed by atoms with Gasteiger partial charge in [0.25, 0.3) is 21.6 Å². The fraction of sp³-hybridized carbons (Fsp3) is 0.448. The predicted octanol–water partition coefficient (Wildman–Crippen LogP) is 10.2. The van der Waals surface area contributed by atoms with Crippen molar-refractivity contribution < 1.29 is 28.0 Å². The zero-order valence-corrected chi connectivity index (χ0v) is 44.6. The number of fused-ring (bicyclic) bond motifs is 1. The molecule has 2 aliphatic heterocycles. The Kier molecular flexibility index (Phi) is 14.7. The maximum Gasteiger partial charge on any atom is 0.293 e. The molecule has 0 bridgehead atoms. The van der Waals surface area contributed by atoms with Crippen LogP contribution < -0.4 is 24.6 Å². The molecule has 10 rings (SSSR count). The molecule has 2 aromatic heterocycles. The molecule has 1 unspecified atom stereocenters. The first kappa shape index (κ1) is 51.9. The number of carbonyl (C=O) groups excluding carboxylic acids is 1. The van der Waals surface area contributed by atoms with Crippen molar-refractivity contribution in [2.75, 3.05) is 68.5 Å². The van der Waals surface area contributed by atoms with E-state index in [1.54, 1.807) is 30.6 Å². The van der Waals surface area contributed by atoms with Gasteiger partial charge in [-0.2, -0.15) is 0 Å². The Labute approximate surface area is 440 Å². The highest BCUT2D eigenvalue weighted by Crippen LogP contribution is 2.53. The van der Waals surface area contributed by atoms with Crippen molar-refractivity contribution in [3.8, 4) is 11.5 Å². The van der Waals surface area contributed by atoms with E-state index in [1.807, 2.05) is 19.1 Å². The van der Waals surface area contributed by atoms with Gasteiger partial charge in [0.15, 0.2) is 0 Å². The highest BCUT2D eigenvalue weighted by Gasteiger charge is 2.50. The van der Waals surface area contributed by atoms with Crippen molar-refractivity contribution >= 4 is 49.7 Å². The van der Waals surface area contributed by atoms with Gasteiger partial charge in [-0.3, -0.25) is 24.7 Å². The summed E-state index contributed by atoms with van der Waals surface area (Å²) in [6, 6.07) is 31.2. The van der Waals surface area contributed by atoms with Crippen LogP contribution in [-0.4, -0.2) is 109 Å². The number of aromatic amines is 1. The summed E-state index contributed by atoms with van der Waals surface area (Å²) in [5, 5.41) is 26.5. The number of hydrogen-bond donors (Lipinski definition) is 4. The second-order valence-electron chi connectivity index (χ2n) is 22.4. The number of nitrogens with one attached hydrogen (secondary N) is 3. The van der Waals surface area contributed by atoms with Crippen LogP contribution in [0.4, 0.5) is 22.7 Å². The lowest BCUT2D eigenvalue weighted by molar-refractivity contribution is -0.384. The van der Waals surface area contributed by atoms with Gasteiger partial charge >= 0.3 is 0 Å². The zero-order chi connectivity index (χ0) is 52.6. The van der Waals surface area contributed by atoms with Crippen molar-refractivity contribution in [1.82, 2.24) is 24.5 Å². The molecule has 17 heteroatoms. The summed E-state index contributed by atoms with van der Waals surface area (Å²) in [4.78, 5) is 42.8. The number of piperazine rings is 1. The molecule has 6 aromatic rings. The molecular weight excluding hydrogens is 967 g/mol. The van der Waals surface area contributed by atoms with Crippen molar-refractivity contribution in [2.24, 2.45) is 11.3 Å². The molecular formula is C58H71N9O7S. The van der Waals surface area contributed by atoms with E-state index in [0.29, 0.717) is 48.8 Å². The fourth-order valence-corrected chi connectivity index (χ4v) is 13.1. The molecule has 16 nitrogen and oxygen atoms in total. The molecule has 1 atom stereocenters. The third kappa shape index (κ3) is 11.5. The second-order valence-corrected chi connectivity index (χ2v) is 24.1. The maximum absolute atomic E-state index is 14.1. The predicted molar refractivity (Wildman–Crippen MR) is 294 cm³/mol. The number of benzene rings is 4. The Morgan fingerprint density at radius 3 is 2.41 bits per heavy atom. The third-order valence-corrected chi connectivity index (χ3v) is 17.9. The van der Waals surface area contributed by atoms with Gasteiger partial charge in [0.2, 0.25) is 0 Å². The van der Waals surface area contributed by atoms with Crippen LogP contribution in [0.5, 0.6) is 11.5 Å². The number of nitro groups is 1. The molecule has 4 N–H and O–H groups in total. The first-order chi connectivity index (χ1) is 35.9. The molecule has 75 heavy (non-hydrogen) atoms. The first-order valence-corrected chi connectivity index (χ1v) is 28.0. The van der Waals surface area contributed by atoms with Gasteiger partial charge in [0, 0.05) is 107 Å². The summed E-state index contributed by atoms with van der Waals surface area (Å²) >= 11 is 0. The van der Waals surface area contributed by atoms with E-state index in [2.05, 4.69) is 116 Å². The van der Waals surface area contributed by atoms with Gasteiger partial charge in [-0.25, -0.2) is 18.1 Å². The molecule has 2 aliphatic carbocycles. The van der Waals surface area contributed by atoms with Crippen LogP contribution in [0.15, 0.2) is 114 Å². The molecule has 396 valence electrons. The monoisotopic (exact) mass is 1040 g/mol. The van der Waals surface area contributed by atoms with Crippen molar-refractivity contribution in [3.63, 3.8) is 0 Å². The number of sulfonamides is 1. The Balaban J connectivity index is 0.828. The second kappa shape index (κ2) is 21.2. The normalized spacial score (nSPS) is 21.5. The Hall–Kier alpha value is -6.53. The number of aromatic nitrogens is 2. The largest absolute Gasteiger partial charge is 0.455 e. The van der Waals surface area contributed by atoms with Gasteiger partial charge in [0.05, 0.1) is 27.2 Å². The average Bonchev–Trinajstić information content (AvgIpc) is 3.86. The quantitative estimate of drug-likeness (QED) is 0.0530. The lowest BCUT2D eigenvalue weighted by Crippen LogP contribution is -2.60. The van der Waals surface area contributed by atoms with Crippen LogP contribution in [0.1, 0.15) is 111 Å². The number of carbonyl (C=O) groups is 1. The molecule has 1 spiro atoms. The number of nitrogens with zero attached hydrogens (tertiary/aromatic N) is 6. The lowest BCUT2D eigenvalue weighted by Gasteiger charge is -2.58. The topological polar surface area (TPSA) is 190 Å².